The van der Waals surface area contributed by atoms with Gasteiger partial charge in [0.15, 0.2) is 11.5 Å². The Morgan fingerprint density at radius 1 is 1.09 bits per heavy atom. The van der Waals surface area contributed by atoms with Crippen LogP contribution in [0, 0.1) is 6.92 Å². The van der Waals surface area contributed by atoms with Crippen molar-refractivity contribution in [3.8, 4) is 11.5 Å². The van der Waals surface area contributed by atoms with Gasteiger partial charge in [-0.3, -0.25) is 4.79 Å². The molecule has 7 nitrogen and oxygen atoms in total. The number of fused-ring (bicyclic) bond motifs is 1. The number of para-hydroxylation sites is 1. The quantitative estimate of drug-likeness (QED) is 0.325. The topological polar surface area (TPSA) is 82.6 Å². The number of carbonyl (C=O) groups excluding carboxylic acids is 1. The highest BCUT2D eigenvalue weighted by Gasteiger charge is 2.17. The summed E-state index contributed by atoms with van der Waals surface area (Å²) >= 11 is 0. The lowest BCUT2D eigenvalue weighted by atomic mass is 10.0. The largest absolute Gasteiger partial charge is 0.493 e. The lowest BCUT2D eigenvalue weighted by Gasteiger charge is -2.21. The summed E-state index contributed by atoms with van der Waals surface area (Å²) in [6.07, 6.45) is 1.75. The van der Waals surface area contributed by atoms with Gasteiger partial charge in [-0.1, -0.05) is 25.1 Å². The normalized spacial score (nSPS) is 11.8. The molecule has 170 valence electrons. The van der Waals surface area contributed by atoms with E-state index in [1.807, 2.05) is 43.3 Å². The van der Waals surface area contributed by atoms with Gasteiger partial charge in [0.1, 0.15) is 5.82 Å². The fourth-order valence-electron chi connectivity index (χ4n) is 3.56. The fraction of sp³-hybridized carbons (Fsp3) is 0.400. The van der Waals surface area contributed by atoms with Crippen molar-refractivity contribution in [2.24, 2.45) is 0 Å². The highest BCUT2D eigenvalue weighted by Crippen LogP contribution is 2.33. The van der Waals surface area contributed by atoms with Crippen LogP contribution >= 0.6 is 0 Å². The van der Waals surface area contributed by atoms with Gasteiger partial charge in [-0.2, -0.15) is 0 Å². The van der Waals surface area contributed by atoms with Gasteiger partial charge < -0.3 is 19.5 Å². The summed E-state index contributed by atoms with van der Waals surface area (Å²) in [5, 5.41) is 4.62. The fourth-order valence-corrected chi connectivity index (χ4v) is 3.56. The lowest BCUT2D eigenvalue weighted by Crippen LogP contribution is -2.13. The second kappa shape index (κ2) is 11.3. The van der Waals surface area contributed by atoms with E-state index in [4.69, 9.17) is 19.2 Å². The van der Waals surface area contributed by atoms with Gasteiger partial charge >= 0.3 is 5.97 Å². The molecule has 1 unspecified atom stereocenters. The summed E-state index contributed by atoms with van der Waals surface area (Å²) in [7, 11) is 1.61. The van der Waals surface area contributed by atoms with E-state index < -0.39 is 0 Å². The molecule has 0 fully saturated rings. The van der Waals surface area contributed by atoms with E-state index in [2.05, 4.69) is 23.3 Å². The molecular weight excluding hydrogens is 406 g/mol. The molecule has 0 aliphatic rings. The number of aryl methyl sites for hydroxylation is 1. The van der Waals surface area contributed by atoms with Crippen LogP contribution in [0.25, 0.3) is 10.9 Å². The first kappa shape index (κ1) is 23.3. The Morgan fingerprint density at radius 3 is 2.66 bits per heavy atom. The average Bonchev–Trinajstić information content (AvgIpc) is 2.80. The minimum absolute atomic E-state index is 0.00617. The summed E-state index contributed by atoms with van der Waals surface area (Å²) in [6, 6.07) is 13.8. The number of nitrogens with zero attached hydrogens (tertiary/aromatic N) is 2. The molecule has 0 saturated heterocycles. The van der Waals surface area contributed by atoms with Crippen molar-refractivity contribution < 1.29 is 19.0 Å². The summed E-state index contributed by atoms with van der Waals surface area (Å²) in [6.45, 7) is 6.62. The number of hydrogen-bond acceptors (Lipinski definition) is 7. The molecular formula is C25H31N3O4. The summed E-state index contributed by atoms with van der Waals surface area (Å²) in [4.78, 5) is 20.8. The third-order valence-corrected chi connectivity index (χ3v) is 5.08. The van der Waals surface area contributed by atoms with Crippen molar-refractivity contribution in [1.82, 2.24) is 9.97 Å². The van der Waals surface area contributed by atoms with E-state index >= 15 is 0 Å². The molecule has 0 bridgehead atoms. The maximum absolute atomic E-state index is 11.5. The number of benzene rings is 2. The number of hydrogen-bond donors (Lipinski definition) is 1. The number of ether oxygens (including phenoxy) is 3. The van der Waals surface area contributed by atoms with Crippen molar-refractivity contribution in [1.29, 1.82) is 0 Å². The predicted molar refractivity (Wildman–Crippen MR) is 125 cm³/mol. The van der Waals surface area contributed by atoms with Crippen LogP contribution in [-0.2, 0) is 9.53 Å². The number of nitrogens with one attached hydrogen (secondary N) is 1. The molecule has 1 N–H and O–H groups in total. The zero-order valence-electron chi connectivity index (χ0n) is 19.2. The Labute approximate surface area is 189 Å². The van der Waals surface area contributed by atoms with E-state index in [1.54, 1.807) is 14.0 Å². The molecule has 1 aromatic heterocycles. The Hall–Kier alpha value is -3.35. The summed E-state index contributed by atoms with van der Waals surface area (Å²) in [5.74, 6) is 1.80. The van der Waals surface area contributed by atoms with Crippen LogP contribution < -0.4 is 14.8 Å². The molecule has 0 saturated carbocycles. The Balaban J connectivity index is 1.76. The summed E-state index contributed by atoms with van der Waals surface area (Å²) in [5.41, 5.74) is 2.82. The van der Waals surface area contributed by atoms with E-state index in [-0.39, 0.29) is 12.0 Å². The Bertz CT molecular complexity index is 1050. The monoisotopic (exact) mass is 437 g/mol. The lowest BCUT2D eigenvalue weighted by molar-refractivity contribution is -0.143. The molecule has 0 radical (unpaired) electrons. The number of carbonyl (C=O) groups is 1. The van der Waals surface area contributed by atoms with Crippen LogP contribution in [0.15, 0.2) is 42.5 Å². The first-order valence-corrected chi connectivity index (χ1v) is 11.0. The van der Waals surface area contributed by atoms with E-state index in [1.165, 1.54) is 0 Å². The van der Waals surface area contributed by atoms with Gasteiger partial charge in [0, 0.05) is 23.6 Å². The van der Waals surface area contributed by atoms with Gasteiger partial charge in [0.2, 0.25) is 0 Å². The standard InChI is InChI=1S/C25H31N3O4/c1-5-20(25-19-10-7-8-11-21(19)26-17(3)27-25)28-18-13-14-22(30-4)23(16-18)32-15-9-12-24(29)31-6-2/h7-8,10-11,13-14,16,20,28H,5-6,9,12,15H2,1-4H3. The number of esters is 1. The smallest absolute Gasteiger partial charge is 0.305 e. The molecule has 3 rings (SSSR count). The molecule has 32 heavy (non-hydrogen) atoms. The van der Waals surface area contributed by atoms with Gasteiger partial charge in [-0.15, -0.1) is 0 Å². The predicted octanol–water partition coefficient (Wildman–Crippen LogP) is 5.23. The second-order valence-corrected chi connectivity index (χ2v) is 7.40. The number of rotatable bonds is 11. The molecule has 0 aliphatic heterocycles. The van der Waals surface area contributed by atoms with Crippen LogP contribution in [0.3, 0.4) is 0 Å². The number of aromatic nitrogens is 2. The Kier molecular flexibility index (Phi) is 8.25. The molecule has 1 heterocycles. The van der Waals surface area contributed by atoms with E-state index in [0.29, 0.717) is 37.6 Å². The number of anilines is 1. The Morgan fingerprint density at radius 2 is 1.91 bits per heavy atom. The van der Waals surface area contributed by atoms with Gasteiger partial charge in [-0.05, 0) is 44.9 Å². The first-order valence-electron chi connectivity index (χ1n) is 11.0. The maximum Gasteiger partial charge on any atom is 0.305 e. The third kappa shape index (κ3) is 5.87. The average molecular weight is 438 g/mol. The van der Waals surface area contributed by atoms with Crippen molar-refractivity contribution in [3.63, 3.8) is 0 Å². The highest BCUT2D eigenvalue weighted by molar-refractivity contribution is 5.81. The summed E-state index contributed by atoms with van der Waals surface area (Å²) < 4.78 is 16.3. The molecule has 1 atom stereocenters. The zero-order valence-corrected chi connectivity index (χ0v) is 19.2. The third-order valence-electron chi connectivity index (χ3n) is 5.08. The highest BCUT2D eigenvalue weighted by atomic mass is 16.5. The molecule has 0 aliphatic carbocycles. The first-order chi connectivity index (χ1) is 15.5. The van der Waals surface area contributed by atoms with Crippen LogP contribution in [0.2, 0.25) is 0 Å². The van der Waals surface area contributed by atoms with E-state index in [0.717, 1.165) is 34.5 Å². The van der Waals surface area contributed by atoms with Gasteiger partial charge in [0.05, 0.1) is 37.6 Å². The maximum atomic E-state index is 11.5. The van der Waals surface area contributed by atoms with Crippen LogP contribution in [0.5, 0.6) is 11.5 Å². The molecule has 3 aromatic rings. The molecule has 7 heteroatoms. The molecule has 2 aromatic carbocycles. The van der Waals surface area contributed by atoms with Gasteiger partial charge in [0.25, 0.3) is 0 Å². The van der Waals surface area contributed by atoms with Crippen molar-refractivity contribution in [2.45, 2.75) is 46.1 Å². The van der Waals surface area contributed by atoms with Crippen molar-refractivity contribution in [3.05, 3.63) is 54.0 Å². The second-order valence-electron chi connectivity index (χ2n) is 7.40. The minimum atomic E-state index is -0.211. The number of methoxy groups -OCH3 is 1. The van der Waals surface area contributed by atoms with Crippen molar-refractivity contribution >= 4 is 22.6 Å². The molecule has 0 spiro atoms. The molecule has 0 amide bonds. The van der Waals surface area contributed by atoms with Crippen molar-refractivity contribution in [2.75, 3.05) is 25.6 Å². The van der Waals surface area contributed by atoms with Crippen LogP contribution in [0.4, 0.5) is 5.69 Å². The minimum Gasteiger partial charge on any atom is -0.493 e. The zero-order chi connectivity index (χ0) is 22.9. The SMILES string of the molecule is CCOC(=O)CCCOc1cc(NC(CC)c2nc(C)nc3ccccc23)ccc1OC. The van der Waals surface area contributed by atoms with Crippen LogP contribution in [-0.4, -0.2) is 36.3 Å². The van der Waals surface area contributed by atoms with Crippen LogP contribution in [0.1, 0.15) is 50.7 Å². The van der Waals surface area contributed by atoms with E-state index in [9.17, 15) is 4.79 Å². The van der Waals surface area contributed by atoms with Gasteiger partial charge in [-0.25, -0.2) is 9.97 Å².